The van der Waals surface area contributed by atoms with Gasteiger partial charge < -0.3 is 21.5 Å². The topological polar surface area (TPSA) is 107 Å². The van der Waals surface area contributed by atoms with E-state index in [1.165, 1.54) is 19.2 Å². The number of esters is 1. The number of halogens is 1. The standard InChI is InChI=1S/C12H16ClN3O3/c1-19-12(18)8-5-7(14)6-9(13)11(8)16-4-2-3-10(15)17/h5-6,16H,2-4,14H2,1H3,(H2,15,17). The third-order valence-electron chi connectivity index (χ3n) is 2.42. The van der Waals surface area contributed by atoms with Crippen LogP contribution >= 0.6 is 11.6 Å². The zero-order valence-electron chi connectivity index (χ0n) is 10.5. The van der Waals surface area contributed by atoms with Gasteiger partial charge in [0.05, 0.1) is 23.4 Å². The third kappa shape index (κ3) is 4.33. The first-order chi connectivity index (χ1) is 8.95. The fourth-order valence-electron chi connectivity index (χ4n) is 1.55. The molecule has 0 aromatic heterocycles. The third-order valence-corrected chi connectivity index (χ3v) is 2.72. The summed E-state index contributed by atoms with van der Waals surface area (Å²) in [4.78, 5) is 22.3. The summed E-state index contributed by atoms with van der Waals surface area (Å²) in [5.74, 6) is -0.912. The number of nitrogen functional groups attached to an aromatic ring is 1. The predicted octanol–water partition coefficient (Wildman–Crippen LogP) is 1.39. The first-order valence-electron chi connectivity index (χ1n) is 5.65. The number of nitrogens with one attached hydrogen (secondary N) is 1. The Bertz CT molecular complexity index is 491. The zero-order valence-corrected chi connectivity index (χ0v) is 11.3. The van der Waals surface area contributed by atoms with Gasteiger partial charge in [0, 0.05) is 18.7 Å². The number of carbonyl (C=O) groups is 2. The van der Waals surface area contributed by atoms with Crippen molar-refractivity contribution in [3.8, 4) is 0 Å². The lowest BCUT2D eigenvalue weighted by Crippen LogP contribution is -2.14. The summed E-state index contributed by atoms with van der Waals surface area (Å²) < 4.78 is 4.66. The van der Waals surface area contributed by atoms with Gasteiger partial charge in [-0.2, -0.15) is 0 Å². The predicted molar refractivity (Wildman–Crippen MR) is 74.1 cm³/mol. The lowest BCUT2D eigenvalue weighted by molar-refractivity contribution is -0.118. The maximum absolute atomic E-state index is 11.6. The SMILES string of the molecule is COC(=O)c1cc(N)cc(Cl)c1NCCCC(N)=O. The molecule has 0 saturated heterocycles. The van der Waals surface area contributed by atoms with E-state index in [1.54, 1.807) is 0 Å². The molecule has 0 unspecified atom stereocenters. The Balaban J connectivity index is 2.86. The molecule has 1 amide bonds. The zero-order chi connectivity index (χ0) is 14.4. The number of carbonyl (C=O) groups excluding carboxylic acids is 2. The Morgan fingerprint density at radius 2 is 2.11 bits per heavy atom. The van der Waals surface area contributed by atoms with Gasteiger partial charge in [0.1, 0.15) is 0 Å². The molecule has 0 aliphatic rings. The van der Waals surface area contributed by atoms with E-state index in [2.05, 4.69) is 10.1 Å². The van der Waals surface area contributed by atoms with Gasteiger partial charge in [0.15, 0.2) is 0 Å². The van der Waals surface area contributed by atoms with Gasteiger partial charge in [0.2, 0.25) is 5.91 Å². The first kappa shape index (κ1) is 15.1. The van der Waals surface area contributed by atoms with E-state index in [4.69, 9.17) is 23.1 Å². The normalized spacial score (nSPS) is 10.0. The fraction of sp³-hybridized carbons (Fsp3) is 0.333. The van der Waals surface area contributed by atoms with Crippen molar-refractivity contribution in [2.24, 2.45) is 5.73 Å². The molecule has 1 rings (SSSR count). The van der Waals surface area contributed by atoms with Gasteiger partial charge in [-0.1, -0.05) is 11.6 Å². The van der Waals surface area contributed by atoms with E-state index in [1.807, 2.05) is 0 Å². The Hall–Kier alpha value is -1.95. The Morgan fingerprint density at radius 1 is 1.42 bits per heavy atom. The molecule has 0 spiro atoms. The summed E-state index contributed by atoms with van der Waals surface area (Å²) in [6, 6.07) is 3.01. The molecule has 0 radical (unpaired) electrons. The molecule has 0 heterocycles. The molecular formula is C12H16ClN3O3. The Kier molecular flexibility index (Phi) is 5.44. The molecule has 6 nitrogen and oxygen atoms in total. The number of anilines is 2. The monoisotopic (exact) mass is 285 g/mol. The van der Waals surface area contributed by atoms with Gasteiger partial charge in [-0.3, -0.25) is 4.79 Å². The first-order valence-corrected chi connectivity index (χ1v) is 6.03. The van der Waals surface area contributed by atoms with E-state index in [-0.39, 0.29) is 17.9 Å². The van der Waals surface area contributed by atoms with Crippen LogP contribution in [0.3, 0.4) is 0 Å². The molecule has 1 aromatic carbocycles. The van der Waals surface area contributed by atoms with Crippen molar-refractivity contribution in [1.82, 2.24) is 0 Å². The van der Waals surface area contributed by atoms with Crippen LogP contribution < -0.4 is 16.8 Å². The van der Waals surface area contributed by atoms with Crippen molar-refractivity contribution >= 4 is 34.9 Å². The van der Waals surface area contributed by atoms with Gasteiger partial charge in [-0.25, -0.2) is 4.79 Å². The van der Waals surface area contributed by atoms with Crippen LogP contribution in [0, 0.1) is 0 Å². The minimum atomic E-state index is -0.536. The van der Waals surface area contributed by atoms with Crippen molar-refractivity contribution in [3.05, 3.63) is 22.7 Å². The van der Waals surface area contributed by atoms with Crippen molar-refractivity contribution in [2.75, 3.05) is 24.7 Å². The number of amides is 1. The molecule has 0 fully saturated rings. The lowest BCUT2D eigenvalue weighted by atomic mass is 10.1. The van der Waals surface area contributed by atoms with E-state index in [9.17, 15) is 9.59 Å². The molecule has 7 heteroatoms. The van der Waals surface area contributed by atoms with Gasteiger partial charge in [-0.15, -0.1) is 0 Å². The van der Waals surface area contributed by atoms with E-state index < -0.39 is 5.97 Å². The lowest BCUT2D eigenvalue weighted by Gasteiger charge is -2.13. The maximum atomic E-state index is 11.6. The molecular weight excluding hydrogens is 270 g/mol. The fourth-order valence-corrected chi connectivity index (χ4v) is 1.85. The number of hydrogen-bond donors (Lipinski definition) is 3. The average molecular weight is 286 g/mol. The van der Waals surface area contributed by atoms with Gasteiger partial charge in [-0.05, 0) is 18.6 Å². The molecule has 19 heavy (non-hydrogen) atoms. The number of methoxy groups -OCH3 is 1. The highest BCUT2D eigenvalue weighted by Crippen LogP contribution is 2.29. The molecule has 0 atom stereocenters. The average Bonchev–Trinajstić information content (AvgIpc) is 2.34. The highest BCUT2D eigenvalue weighted by atomic mass is 35.5. The van der Waals surface area contributed by atoms with Crippen LogP contribution in [-0.2, 0) is 9.53 Å². The molecule has 0 bridgehead atoms. The van der Waals surface area contributed by atoms with Crippen LogP contribution in [0.5, 0.6) is 0 Å². The van der Waals surface area contributed by atoms with Crippen molar-refractivity contribution < 1.29 is 14.3 Å². The van der Waals surface area contributed by atoms with Crippen molar-refractivity contribution in [1.29, 1.82) is 0 Å². The minimum absolute atomic E-state index is 0.256. The number of hydrogen-bond acceptors (Lipinski definition) is 5. The molecule has 5 N–H and O–H groups in total. The van der Waals surface area contributed by atoms with E-state index in [0.29, 0.717) is 29.4 Å². The Morgan fingerprint density at radius 3 is 2.68 bits per heavy atom. The summed E-state index contributed by atoms with van der Waals surface area (Å²) >= 11 is 6.04. The summed E-state index contributed by atoms with van der Waals surface area (Å²) in [5, 5.41) is 3.30. The number of primary amides is 1. The van der Waals surface area contributed by atoms with Crippen LogP contribution in [0.15, 0.2) is 12.1 Å². The van der Waals surface area contributed by atoms with Crippen LogP contribution in [0.2, 0.25) is 5.02 Å². The number of rotatable bonds is 6. The van der Waals surface area contributed by atoms with E-state index >= 15 is 0 Å². The van der Waals surface area contributed by atoms with Gasteiger partial charge in [0.25, 0.3) is 0 Å². The summed E-state index contributed by atoms with van der Waals surface area (Å²) in [7, 11) is 1.27. The van der Waals surface area contributed by atoms with Crippen molar-refractivity contribution in [3.63, 3.8) is 0 Å². The number of ether oxygens (including phenoxy) is 1. The molecule has 0 saturated carbocycles. The second-order valence-corrected chi connectivity index (χ2v) is 4.32. The minimum Gasteiger partial charge on any atom is -0.465 e. The largest absolute Gasteiger partial charge is 0.465 e. The number of nitrogens with two attached hydrogens (primary N) is 2. The molecule has 104 valence electrons. The second kappa shape index (κ2) is 6.84. The highest BCUT2D eigenvalue weighted by Gasteiger charge is 2.15. The van der Waals surface area contributed by atoms with Crippen LogP contribution in [0.4, 0.5) is 11.4 Å². The smallest absolute Gasteiger partial charge is 0.340 e. The maximum Gasteiger partial charge on any atom is 0.340 e. The van der Waals surface area contributed by atoms with Gasteiger partial charge >= 0.3 is 5.97 Å². The molecule has 0 aliphatic carbocycles. The Labute approximate surface area is 116 Å². The molecule has 1 aromatic rings. The van der Waals surface area contributed by atoms with Crippen LogP contribution in [-0.4, -0.2) is 25.5 Å². The van der Waals surface area contributed by atoms with Crippen molar-refractivity contribution in [2.45, 2.75) is 12.8 Å². The second-order valence-electron chi connectivity index (χ2n) is 3.91. The van der Waals surface area contributed by atoms with Crippen LogP contribution in [0.1, 0.15) is 23.2 Å². The van der Waals surface area contributed by atoms with Crippen LogP contribution in [0.25, 0.3) is 0 Å². The van der Waals surface area contributed by atoms with E-state index in [0.717, 1.165) is 0 Å². The molecule has 0 aliphatic heterocycles. The quantitative estimate of drug-likeness (QED) is 0.416. The summed E-state index contributed by atoms with van der Waals surface area (Å²) in [6.45, 7) is 0.455. The highest BCUT2D eigenvalue weighted by molar-refractivity contribution is 6.34. The number of benzene rings is 1. The summed E-state index contributed by atoms with van der Waals surface area (Å²) in [5.41, 5.74) is 11.7. The summed E-state index contributed by atoms with van der Waals surface area (Å²) in [6.07, 6.45) is 0.795.